The van der Waals surface area contributed by atoms with Crippen molar-refractivity contribution in [2.45, 2.75) is 40.2 Å². The number of imidazole rings is 1. The molecule has 0 amide bonds. The Kier molecular flexibility index (Phi) is 5.40. The zero-order chi connectivity index (χ0) is 11.1. The van der Waals surface area contributed by atoms with Crippen LogP contribution in [-0.2, 0) is 6.54 Å². The van der Waals surface area contributed by atoms with Crippen molar-refractivity contribution < 1.29 is 0 Å². The lowest BCUT2D eigenvalue weighted by molar-refractivity contribution is 0.441. The van der Waals surface area contributed by atoms with E-state index in [1.54, 1.807) is 0 Å². The van der Waals surface area contributed by atoms with Crippen LogP contribution in [-0.4, -0.2) is 22.6 Å². The molecule has 1 aromatic heterocycles. The lowest BCUT2D eigenvalue weighted by Gasteiger charge is -2.13. The van der Waals surface area contributed by atoms with Crippen LogP contribution < -0.4 is 5.32 Å². The number of rotatable bonds is 7. The number of hydrogen-bond donors (Lipinski definition) is 1. The Labute approximate surface area is 92.9 Å². The number of nitrogens with zero attached hydrogens (tertiary/aromatic N) is 2. The van der Waals surface area contributed by atoms with Crippen LogP contribution in [0, 0.1) is 12.8 Å². The molecule has 1 N–H and O–H groups in total. The monoisotopic (exact) mass is 209 g/mol. The number of hydrogen-bond acceptors (Lipinski definition) is 2. The van der Waals surface area contributed by atoms with Crippen LogP contribution in [0.3, 0.4) is 0 Å². The Morgan fingerprint density at radius 2 is 2.13 bits per heavy atom. The highest BCUT2D eigenvalue weighted by atomic mass is 15.1. The van der Waals surface area contributed by atoms with Crippen molar-refractivity contribution in [3.8, 4) is 0 Å². The van der Waals surface area contributed by atoms with Gasteiger partial charge < -0.3 is 9.88 Å². The third-order valence-corrected chi connectivity index (χ3v) is 3.04. The summed E-state index contributed by atoms with van der Waals surface area (Å²) in [4.78, 5) is 4.20. The van der Waals surface area contributed by atoms with E-state index in [4.69, 9.17) is 0 Å². The fraction of sp³-hybridized carbons (Fsp3) is 0.750. The molecule has 86 valence electrons. The van der Waals surface area contributed by atoms with E-state index in [2.05, 4.69) is 28.7 Å². The topological polar surface area (TPSA) is 29.9 Å². The van der Waals surface area contributed by atoms with Crippen molar-refractivity contribution >= 4 is 0 Å². The SMILES string of the molecule is CCC(CC)CNCCn1ccnc1C. The molecule has 0 saturated heterocycles. The van der Waals surface area contributed by atoms with Crippen LogP contribution in [0.15, 0.2) is 12.4 Å². The minimum absolute atomic E-state index is 0.828. The van der Waals surface area contributed by atoms with Gasteiger partial charge in [0, 0.05) is 25.5 Å². The van der Waals surface area contributed by atoms with Crippen LogP contribution in [0.25, 0.3) is 0 Å². The summed E-state index contributed by atoms with van der Waals surface area (Å²) in [5.41, 5.74) is 0. The van der Waals surface area contributed by atoms with Gasteiger partial charge in [-0.05, 0) is 19.4 Å². The number of aromatic nitrogens is 2. The molecule has 0 aromatic carbocycles. The molecule has 15 heavy (non-hydrogen) atoms. The van der Waals surface area contributed by atoms with E-state index in [-0.39, 0.29) is 0 Å². The predicted molar refractivity (Wildman–Crippen MR) is 63.9 cm³/mol. The molecule has 1 rings (SSSR count). The third kappa shape index (κ3) is 4.04. The fourth-order valence-electron chi connectivity index (χ4n) is 1.72. The molecular formula is C12H23N3. The Balaban J connectivity index is 2.14. The molecule has 0 bridgehead atoms. The minimum Gasteiger partial charge on any atom is -0.334 e. The summed E-state index contributed by atoms with van der Waals surface area (Å²) in [5.74, 6) is 1.92. The molecule has 0 aliphatic rings. The Bertz CT molecular complexity index is 264. The summed E-state index contributed by atoms with van der Waals surface area (Å²) in [6.07, 6.45) is 6.44. The molecule has 1 heterocycles. The van der Waals surface area contributed by atoms with E-state index < -0.39 is 0 Å². The largest absolute Gasteiger partial charge is 0.334 e. The second-order valence-corrected chi connectivity index (χ2v) is 4.05. The molecule has 3 heteroatoms. The van der Waals surface area contributed by atoms with E-state index in [9.17, 15) is 0 Å². The van der Waals surface area contributed by atoms with E-state index in [0.29, 0.717) is 0 Å². The fourth-order valence-corrected chi connectivity index (χ4v) is 1.72. The molecule has 0 atom stereocenters. The maximum atomic E-state index is 4.20. The smallest absolute Gasteiger partial charge is 0.105 e. The first-order chi connectivity index (χ1) is 7.27. The van der Waals surface area contributed by atoms with Gasteiger partial charge in [-0.1, -0.05) is 26.7 Å². The maximum absolute atomic E-state index is 4.20. The van der Waals surface area contributed by atoms with Gasteiger partial charge in [-0.15, -0.1) is 0 Å². The van der Waals surface area contributed by atoms with Gasteiger partial charge in [-0.3, -0.25) is 0 Å². The molecule has 0 spiro atoms. The summed E-state index contributed by atoms with van der Waals surface area (Å²) in [6, 6.07) is 0. The lowest BCUT2D eigenvalue weighted by Crippen LogP contribution is -2.26. The molecule has 0 aliphatic carbocycles. The number of aryl methyl sites for hydroxylation is 1. The van der Waals surface area contributed by atoms with Crippen molar-refractivity contribution in [3.05, 3.63) is 18.2 Å². The van der Waals surface area contributed by atoms with Crippen LogP contribution in [0.5, 0.6) is 0 Å². The van der Waals surface area contributed by atoms with Gasteiger partial charge in [-0.2, -0.15) is 0 Å². The highest BCUT2D eigenvalue weighted by Gasteiger charge is 2.02. The molecule has 0 aliphatic heterocycles. The molecule has 0 saturated carbocycles. The minimum atomic E-state index is 0.828. The summed E-state index contributed by atoms with van der Waals surface area (Å²) < 4.78 is 2.18. The van der Waals surface area contributed by atoms with Gasteiger partial charge in [-0.25, -0.2) is 4.98 Å². The predicted octanol–water partition coefficient (Wildman–Crippen LogP) is 2.22. The summed E-state index contributed by atoms with van der Waals surface area (Å²) in [6.45, 7) is 9.76. The quantitative estimate of drug-likeness (QED) is 0.698. The highest BCUT2D eigenvalue weighted by Crippen LogP contribution is 2.04. The van der Waals surface area contributed by atoms with Gasteiger partial charge in [0.15, 0.2) is 0 Å². The first kappa shape index (κ1) is 12.2. The van der Waals surface area contributed by atoms with Gasteiger partial charge >= 0.3 is 0 Å². The molecule has 0 fully saturated rings. The van der Waals surface area contributed by atoms with Gasteiger partial charge in [0.2, 0.25) is 0 Å². The van der Waals surface area contributed by atoms with Crippen LogP contribution in [0.4, 0.5) is 0 Å². The zero-order valence-electron chi connectivity index (χ0n) is 10.2. The summed E-state index contributed by atoms with van der Waals surface area (Å²) >= 11 is 0. The zero-order valence-corrected chi connectivity index (χ0v) is 10.2. The molecule has 0 radical (unpaired) electrons. The van der Waals surface area contributed by atoms with Crippen molar-refractivity contribution in [2.75, 3.05) is 13.1 Å². The normalized spacial score (nSPS) is 11.2. The summed E-state index contributed by atoms with van der Waals surface area (Å²) in [7, 11) is 0. The number of nitrogens with one attached hydrogen (secondary N) is 1. The van der Waals surface area contributed by atoms with E-state index >= 15 is 0 Å². The lowest BCUT2D eigenvalue weighted by atomic mass is 10.0. The van der Waals surface area contributed by atoms with Gasteiger partial charge in [0.1, 0.15) is 5.82 Å². The first-order valence-electron chi connectivity index (χ1n) is 5.96. The van der Waals surface area contributed by atoms with Gasteiger partial charge in [0.25, 0.3) is 0 Å². The van der Waals surface area contributed by atoms with E-state index in [1.807, 2.05) is 19.3 Å². The van der Waals surface area contributed by atoms with Crippen LogP contribution in [0.1, 0.15) is 32.5 Å². The van der Waals surface area contributed by atoms with E-state index in [0.717, 1.165) is 31.4 Å². The van der Waals surface area contributed by atoms with Crippen molar-refractivity contribution in [3.63, 3.8) is 0 Å². The molecular weight excluding hydrogens is 186 g/mol. The Morgan fingerprint density at radius 3 is 2.67 bits per heavy atom. The second kappa shape index (κ2) is 6.62. The van der Waals surface area contributed by atoms with Crippen molar-refractivity contribution in [1.82, 2.24) is 14.9 Å². The molecule has 0 unspecified atom stereocenters. The standard InChI is InChI=1S/C12H23N3/c1-4-12(5-2)10-13-6-8-15-9-7-14-11(15)3/h7,9,12-13H,4-6,8,10H2,1-3H3. The third-order valence-electron chi connectivity index (χ3n) is 3.04. The van der Waals surface area contributed by atoms with Crippen molar-refractivity contribution in [2.24, 2.45) is 5.92 Å². The van der Waals surface area contributed by atoms with Crippen LogP contribution >= 0.6 is 0 Å². The summed E-state index contributed by atoms with van der Waals surface area (Å²) in [5, 5.41) is 3.50. The average molecular weight is 209 g/mol. The molecule has 3 nitrogen and oxygen atoms in total. The van der Waals surface area contributed by atoms with E-state index in [1.165, 1.54) is 12.8 Å². The van der Waals surface area contributed by atoms with Crippen molar-refractivity contribution in [1.29, 1.82) is 0 Å². The highest BCUT2D eigenvalue weighted by molar-refractivity contribution is 4.88. The maximum Gasteiger partial charge on any atom is 0.105 e. The molecule has 1 aromatic rings. The van der Waals surface area contributed by atoms with Crippen LogP contribution in [0.2, 0.25) is 0 Å². The van der Waals surface area contributed by atoms with Gasteiger partial charge in [0.05, 0.1) is 0 Å². The Morgan fingerprint density at radius 1 is 1.40 bits per heavy atom. The Hall–Kier alpha value is -0.830. The average Bonchev–Trinajstić information content (AvgIpc) is 2.65. The first-order valence-corrected chi connectivity index (χ1v) is 5.96. The second-order valence-electron chi connectivity index (χ2n) is 4.05.